The van der Waals surface area contributed by atoms with Gasteiger partial charge in [0.15, 0.2) is 5.82 Å². The Kier molecular flexibility index (Phi) is 6.23. The molecule has 0 saturated carbocycles. The molecule has 140 valence electrons. The van der Waals surface area contributed by atoms with Crippen molar-refractivity contribution in [1.82, 2.24) is 15.0 Å². The molecule has 0 aliphatic rings. The van der Waals surface area contributed by atoms with E-state index in [1.54, 1.807) is 48.8 Å². The quantitative estimate of drug-likeness (QED) is 0.494. The van der Waals surface area contributed by atoms with Gasteiger partial charge in [0.25, 0.3) is 0 Å². The molecule has 3 rings (SSSR count). The average molecular weight is 375 g/mol. The lowest BCUT2D eigenvalue weighted by Crippen LogP contribution is -2.12. The topological polar surface area (TPSA) is 124 Å². The van der Waals surface area contributed by atoms with Gasteiger partial charge in [0.1, 0.15) is 11.3 Å². The molecule has 0 aliphatic heterocycles. The molecule has 2 N–H and O–H groups in total. The van der Waals surface area contributed by atoms with Gasteiger partial charge >= 0.3 is 5.97 Å². The summed E-state index contributed by atoms with van der Waals surface area (Å²) in [5.41, 5.74) is 6.59. The van der Waals surface area contributed by atoms with Crippen molar-refractivity contribution in [1.29, 1.82) is 5.26 Å². The second-order valence-electron chi connectivity index (χ2n) is 5.67. The minimum atomic E-state index is -0.613. The van der Waals surface area contributed by atoms with Crippen LogP contribution in [0, 0.1) is 11.3 Å². The third kappa shape index (κ3) is 4.66. The van der Waals surface area contributed by atoms with Gasteiger partial charge in [-0.05, 0) is 43.3 Å². The number of carbonyl (C=O) groups excluding carboxylic acids is 1. The summed E-state index contributed by atoms with van der Waals surface area (Å²) in [6, 6.07) is 12.1. The molecule has 0 amide bonds. The Labute approximate surface area is 161 Å². The van der Waals surface area contributed by atoms with E-state index in [2.05, 4.69) is 15.0 Å². The molecule has 8 heteroatoms. The summed E-state index contributed by atoms with van der Waals surface area (Å²) in [4.78, 5) is 25.0. The molecule has 0 spiro atoms. The average Bonchev–Trinajstić information content (AvgIpc) is 2.74. The van der Waals surface area contributed by atoms with E-state index in [1.165, 1.54) is 6.20 Å². The SMILES string of the molecule is N#Cc1cccc(Oc2nc(-c3cccnc3)ncc2C(=O)OCCCN)c1. The zero-order chi connectivity index (χ0) is 19.8. The van der Waals surface area contributed by atoms with Crippen LogP contribution < -0.4 is 10.5 Å². The van der Waals surface area contributed by atoms with E-state index in [1.807, 2.05) is 6.07 Å². The molecule has 3 aromatic rings. The lowest BCUT2D eigenvalue weighted by atomic mass is 10.2. The van der Waals surface area contributed by atoms with Crippen LogP contribution in [-0.4, -0.2) is 34.1 Å². The molecule has 0 fully saturated rings. The van der Waals surface area contributed by atoms with E-state index in [0.29, 0.717) is 35.7 Å². The van der Waals surface area contributed by atoms with Crippen molar-refractivity contribution < 1.29 is 14.3 Å². The number of ether oxygens (including phenoxy) is 2. The number of esters is 1. The fraction of sp³-hybridized carbons (Fsp3) is 0.150. The van der Waals surface area contributed by atoms with Crippen LogP contribution in [0.15, 0.2) is 55.0 Å². The molecule has 8 nitrogen and oxygen atoms in total. The van der Waals surface area contributed by atoms with E-state index in [4.69, 9.17) is 20.5 Å². The fourth-order valence-corrected chi connectivity index (χ4v) is 2.28. The highest BCUT2D eigenvalue weighted by Crippen LogP contribution is 2.26. The number of carbonyl (C=O) groups is 1. The van der Waals surface area contributed by atoms with Crippen LogP contribution >= 0.6 is 0 Å². The summed E-state index contributed by atoms with van der Waals surface area (Å²) in [7, 11) is 0. The van der Waals surface area contributed by atoms with Crippen LogP contribution in [0.3, 0.4) is 0 Å². The number of benzene rings is 1. The van der Waals surface area contributed by atoms with Gasteiger partial charge in [0, 0.05) is 24.2 Å². The van der Waals surface area contributed by atoms with Crippen molar-refractivity contribution in [2.24, 2.45) is 5.73 Å². The highest BCUT2D eigenvalue weighted by atomic mass is 16.5. The maximum absolute atomic E-state index is 12.4. The van der Waals surface area contributed by atoms with Crippen molar-refractivity contribution in [2.75, 3.05) is 13.2 Å². The Hall–Kier alpha value is -3.83. The fourth-order valence-electron chi connectivity index (χ4n) is 2.28. The van der Waals surface area contributed by atoms with Crippen LogP contribution in [0.1, 0.15) is 22.3 Å². The maximum Gasteiger partial charge on any atom is 0.345 e. The maximum atomic E-state index is 12.4. The van der Waals surface area contributed by atoms with Gasteiger partial charge in [-0.15, -0.1) is 0 Å². The van der Waals surface area contributed by atoms with Gasteiger partial charge in [-0.25, -0.2) is 9.78 Å². The standard InChI is InChI=1S/C20H17N5O3/c21-7-3-9-27-20(26)17-13-24-18(15-5-2-8-23-12-15)25-19(17)28-16-6-1-4-14(10-16)11-22/h1-2,4-6,8,10,12-13H,3,7,9,21H2. The molecule has 0 bridgehead atoms. The third-order valence-electron chi connectivity index (χ3n) is 3.65. The Morgan fingerprint density at radius 3 is 2.86 bits per heavy atom. The summed E-state index contributed by atoms with van der Waals surface area (Å²) >= 11 is 0. The van der Waals surface area contributed by atoms with E-state index in [0.717, 1.165) is 0 Å². The van der Waals surface area contributed by atoms with Crippen molar-refractivity contribution >= 4 is 5.97 Å². The Morgan fingerprint density at radius 1 is 1.21 bits per heavy atom. The normalized spacial score (nSPS) is 10.1. The lowest BCUT2D eigenvalue weighted by Gasteiger charge is -2.11. The first kappa shape index (κ1) is 18.9. The van der Waals surface area contributed by atoms with E-state index >= 15 is 0 Å². The number of nitrogens with two attached hydrogens (primary N) is 1. The number of rotatable bonds is 7. The molecule has 0 atom stereocenters. The summed E-state index contributed by atoms with van der Waals surface area (Å²) in [6.07, 6.45) is 5.14. The van der Waals surface area contributed by atoms with Crippen molar-refractivity contribution in [3.63, 3.8) is 0 Å². The first-order valence-electron chi connectivity index (χ1n) is 8.54. The van der Waals surface area contributed by atoms with Crippen LogP contribution in [0.4, 0.5) is 0 Å². The van der Waals surface area contributed by atoms with Crippen molar-refractivity contribution in [3.8, 4) is 29.1 Å². The second kappa shape index (κ2) is 9.21. The van der Waals surface area contributed by atoms with Crippen LogP contribution in [0.2, 0.25) is 0 Å². The lowest BCUT2D eigenvalue weighted by molar-refractivity contribution is 0.0499. The minimum absolute atomic E-state index is 0.0293. The van der Waals surface area contributed by atoms with Gasteiger partial charge in [-0.3, -0.25) is 4.98 Å². The Morgan fingerprint density at radius 2 is 2.11 bits per heavy atom. The molecule has 0 saturated heterocycles. The first-order chi connectivity index (χ1) is 13.7. The number of nitriles is 1. The van der Waals surface area contributed by atoms with Crippen LogP contribution in [0.25, 0.3) is 11.4 Å². The molecule has 1 aromatic carbocycles. The summed E-state index contributed by atoms with van der Waals surface area (Å²) < 4.78 is 11.0. The predicted molar refractivity (Wildman–Crippen MR) is 100 cm³/mol. The molecular weight excluding hydrogens is 358 g/mol. The highest BCUT2D eigenvalue weighted by molar-refractivity contribution is 5.91. The van der Waals surface area contributed by atoms with Gasteiger partial charge < -0.3 is 15.2 Å². The van der Waals surface area contributed by atoms with Crippen LogP contribution in [-0.2, 0) is 4.74 Å². The van der Waals surface area contributed by atoms with Gasteiger partial charge in [0.05, 0.1) is 18.2 Å². The molecule has 0 unspecified atom stereocenters. The van der Waals surface area contributed by atoms with Gasteiger partial charge in [-0.2, -0.15) is 10.2 Å². The molecule has 28 heavy (non-hydrogen) atoms. The predicted octanol–water partition coefficient (Wildman–Crippen LogP) is 2.71. The Bertz CT molecular complexity index is 1000. The first-order valence-corrected chi connectivity index (χ1v) is 8.54. The second-order valence-corrected chi connectivity index (χ2v) is 5.67. The summed E-state index contributed by atoms with van der Waals surface area (Å²) in [5, 5.41) is 9.06. The van der Waals surface area contributed by atoms with E-state index in [-0.39, 0.29) is 18.1 Å². The number of hydrogen-bond acceptors (Lipinski definition) is 8. The molecular formula is C20H17N5O3. The molecule has 2 heterocycles. The van der Waals surface area contributed by atoms with E-state index in [9.17, 15) is 4.79 Å². The van der Waals surface area contributed by atoms with Crippen molar-refractivity contribution in [2.45, 2.75) is 6.42 Å². The summed E-state index contributed by atoms with van der Waals surface area (Å²) in [5.74, 6) is 0.128. The molecule has 0 aliphatic carbocycles. The van der Waals surface area contributed by atoms with Crippen molar-refractivity contribution in [3.05, 3.63) is 66.1 Å². The van der Waals surface area contributed by atoms with E-state index < -0.39 is 5.97 Å². The Balaban J connectivity index is 1.96. The van der Waals surface area contributed by atoms with Gasteiger partial charge in [0.2, 0.25) is 5.88 Å². The minimum Gasteiger partial charge on any atom is -0.462 e. The summed E-state index contributed by atoms with van der Waals surface area (Å²) in [6.45, 7) is 0.594. The van der Waals surface area contributed by atoms with Gasteiger partial charge in [-0.1, -0.05) is 6.07 Å². The molecule has 0 radical (unpaired) electrons. The largest absolute Gasteiger partial charge is 0.462 e. The number of nitrogens with zero attached hydrogens (tertiary/aromatic N) is 4. The monoisotopic (exact) mass is 375 g/mol. The third-order valence-corrected chi connectivity index (χ3v) is 3.65. The zero-order valence-electron chi connectivity index (χ0n) is 14.9. The number of aromatic nitrogens is 3. The smallest absolute Gasteiger partial charge is 0.345 e. The number of hydrogen-bond donors (Lipinski definition) is 1. The molecule has 2 aromatic heterocycles. The zero-order valence-corrected chi connectivity index (χ0v) is 14.9. The number of pyridine rings is 1. The van der Waals surface area contributed by atoms with Crippen LogP contribution in [0.5, 0.6) is 11.6 Å². The highest BCUT2D eigenvalue weighted by Gasteiger charge is 2.19.